The van der Waals surface area contributed by atoms with E-state index in [0.717, 1.165) is 0 Å². The van der Waals surface area contributed by atoms with E-state index in [-0.39, 0.29) is 0 Å². The zero-order chi connectivity index (χ0) is 13.4. The number of aromatic carboxylic acids is 1. The molecule has 2 heterocycles. The minimum Gasteiger partial charge on any atom is -0.476 e. The Kier molecular flexibility index (Phi) is 2.60. The highest BCUT2D eigenvalue weighted by Gasteiger charge is 2.17. The van der Waals surface area contributed by atoms with Gasteiger partial charge in [0, 0.05) is 17.1 Å². The number of nitrogens with one attached hydrogen (secondary N) is 1. The van der Waals surface area contributed by atoms with Gasteiger partial charge in [0.05, 0.1) is 10.9 Å². The van der Waals surface area contributed by atoms with Gasteiger partial charge in [-0.2, -0.15) is 5.10 Å². The highest BCUT2D eigenvalue weighted by atomic mass is 32.1. The normalized spacial score (nSPS) is 10.7. The predicted octanol–water partition coefficient (Wildman–Crippen LogP) is 1.74. The zero-order valence-electron chi connectivity index (χ0n) is 9.45. The summed E-state index contributed by atoms with van der Waals surface area (Å²) < 4.78 is 0. The highest BCUT2D eigenvalue weighted by Crippen LogP contribution is 2.26. The number of nitrogens with zero attached hydrogens (tertiary/aromatic N) is 2. The Labute approximate surface area is 110 Å². The topological polar surface area (TPSA) is 95.9 Å². The number of hydrogen-bond donors (Lipinski definition) is 2. The summed E-state index contributed by atoms with van der Waals surface area (Å²) in [5, 5.41) is 17.9. The van der Waals surface area contributed by atoms with Crippen molar-refractivity contribution in [3.63, 3.8) is 0 Å². The largest absolute Gasteiger partial charge is 0.476 e. The number of aromatic nitrogens is 3. The molecule has 0 saturated heterocycles. The zero-order valence-corrected chi connectivity index (χ0v) is 10.3. The SMILES string of the molecule is O=C(O)c1n[nH]c2cccc(-c3nccs3)c2c1=O. The van der Waals surface area contributed by atoms with Crippen molar-refractivity contribution in [1.82, 2.24) is 15.2 Å². The van der Waals surface area contributed by atoms with Crippen molar-refractivity contribution in [3.8, 4) is 10.6 Å². The van der Waals surface area contributed by atoms with Gasteiger partial charge in [0.25, 0.3) is 0 Å². The number of carbonyl (C=O) groups is 1. The van der Waals surface area contributed by atoms with Gasteiger partial charge in [-0.1, -0.05) is 12.1 Å². The maximum absolute atomic E-state index is 12.2. The summed E-state index contributed by atoms with van der Waals surface area (Å²) in [4.78, 5) is 27.3. The third-order valence-corrected chi connectivity index (χ3v) is 3.47. The molecule has 0 fully saturated rings. The molecule has 0 aliphatic carbocycles. The van der Waals surface area contributed by atoms with Crippen LogP contribution in [-0.4, -0.2) is 26.3 Å². The number of aromatic amines is 1. The van der Waals surface area contributed by atoms with E-state index < -0.39 is 17.1 Å². The number of hydrogen-bond acceptors (Lipinski definition) is 5. The van der Waals surface area contributed by atoms with Gasteiger partial charge in [0.1, 0.15) is 5.01 Å². The molecule has 19 heavy (non-hydrogen) atoms. The first-order valence-corrected chi connectivity index (χ1v) is 6.21. The molecule has 0 bridgehead atoms. The molecule has 0 spiro atoms. The van der Waals surface area contributed by atoms with E-state index in [4.69, 9.17) is 5.11 Å². The maximum Gasteiger partial charge on any atom is 0.360 e. The Bertz CT molecular complexity index is 824. The first-order chi connectivity index (χ1) is 9.18. The number of rotatable bonds is 2. The fraction of sp³-hybridized carbons (Fsp3) is 0. The molecule has 3 rings (SSSR count). The van der Waals surface area contributed by atoms with Crippen molar-refractivity contribution in [3.05, 3.63) is 45.7 Å². The van der Waals surface area contributed by atoms with Crippen molar-refractivity contribution < 1.29 is 9.90 Å². The average Bonchev–Trinajstić information content (AvgIpc) is 2.91. The third-order valence-electron chi connectivity index (χ3n) is 2.66. The van der Waals surface area contributed by atoms with Gasteiger partial charge in [-0.25, -0.2) is 9.78 Å². The van der Waals surface area contributed by atoms with Crippen LogP contribution in [0.25, 0.3) is 21.5 Å². The lowest BCUT2D eigenvalue weighted by Crippen LogP contribution is -2.19. The third kappa shape index (κ3) is 1.80. The summed E-state index contributed by atoms with van der Waals surface area (Å²) in [5.41, 5.74) is -0.0232. The monoisotopic (exact) mass is 273 g/mol. The molecule has 0 amide bonds. The summed E-state index contributed by atoms with van der Waals surface area (Å²) >= 11 is 1.38. The van der Waals surface area contributed by atoms with Crippen molar-refractivity contribution >= 4 is 28.2 Å². The van der Waals surface area contributed by atoms with Crippen LogP contribution in [0.2, 0.25) is 0 Å². The standard InChI is InChI=1S/C12H7N3O3S/c16-10-8-6(11-13-4-5-19-11)2-1-3-7(8)14-15-9(10)12(17)18/h1-5H,(H,14,16)(H,17,18). The molecule has 3 aromatic rings. The smallest absolute Gasteiger partial charge is 0.360 e. The second-order valence-corrected chi connectivity index (χ2v) is 4.67. The van der Waals surface area contributed by atoms with Gasteiger partial charge in [0.2, 0.25) is 11.1 Å². The number of carboxylic acids is 1. The van der Waals surface area contributed by atoms with Gasteiger partial charge in [-0.15, -0.1) is 11.3 Å². The molecule has 0 atom stereocenters. The maximum atomic E-state index is 12.2. The predicted molar refractivity (Wildman–Crippen MR) is 70.4 cm³/mol. The quantitative estimate of drug-likeness (QED) is 0.741. The van der Waals surface area contributed by atoms with Crippen molar-refractivity contribution in [2.45, 2.75) is 0 Å². The second kappa shape index (κ2) is 4.29. The first-order valence-electron chi connectivity index (χ1n) is 5.33. The van der Waals surface area contributed by atoms with Crippen LogP contribution in [0, 0.1) is 0 Å². The second-order valence-electron chi connectivity index (χ2n) is 3.77. The molecule has 94 valence electrons. The van der Waals surface area contributed by atoms with Crippen LogP contribution >= 0.6 is 11.3 Å². The van der Waals surface area contributed by atoms with Crippen molar-refractivity contribution in [2.75, 3.05) is 0 Å². The molecule has 0 aliphatic rings. The highest BCUT2D eigenvalue weighted by molar-refractivity contribution is 7.13. The fourth-order valence-corrected chi connectivity index (χ4v) is 2.52. The summed E-state index contributed by atoms with van der Waals surface area (Å²) in [6.45, 7) is 0. The Morgan fingerprint density at radius 2 is 2.21 bits per heavy atom. The summed E-state index contributed by atoms with van der Waals surface area (Å²) in [5.74, 6) is -1.35. The van der Waals surface area contributed by atoms with E-state index >= 15 is 0 Å². The lowest BCUT2D eigenvalue weighted by molar-refractivity contribution is 0.0688. The van der Waals surface area contributed by atoms with Crippen LogP contribution in [0.5, 0.6) is 0 Å². The van der Waals surface area contributed by atoms with Gasteiger partial charge in [-0.05, 0) is 6.07 Å². The van der Waals surface area contributed by atoms with Crippen LogP contribution in [-0.2, 0) is 0 Å². The Morgan fingerprint density at radius 1 is 1.37 bits per heavy atom. The fourth-order valence-electron chi connectivity index (χ4n) is 1.86. The molecule has 6 nitrogen and oxygen atoms in total. The minimum atomic E-state index is -1.35. The summed E-state index contributed by atoms with van der Waals surface area (Å²) in [6.07, 6.45) is 1.63. The minimum absolute atomic E-state index is 0.296. The lowest BCUT2D eigenvalue weighted by atomic mass is 10.1. The van der Waals surface area contributed by atoms with Gasteiger partial charge >= 0.3 is 5.97 Å². The number of H-pyrrole nitrogens is 1. The Balaban J connectivity index is 2.44. The van der Waals surface area contributed by atoms with Crippen molar-refractivity contribution in [2.24, 2.45) is 0 Å². The van der Waals surface area contributed by atoms with Crippen LogP contribution in [0.3, 0.4) is 0 Å². The first kappa shape index (κ1) is 11.5. The molecule has 0 saturated carbocycles. The molecule has 1 aromatic carbocycles. The van der Waals surface area contributed by atoms with Crippen LogP contribution in [0.15, 0.2) is 34.6 Å². The molecule has 0 aliphatic heterocycles. The number of thiazole rings is 1. The number of fused-ring (bicyclic) bond motifs is 1. The lowest BCUT2D eigenvalue weighted by Gasteiger charge is -2.03. The Hall–Kier alpha value is -2.54. The number of benzene rings is 1. The molecule has 2 N–H and O–H groups in total. The van der Waals surface area contributed by atoms with Gasteiger partial charge in [0.15, 0.2) is 0 Å². The molecular weight excluding hydrogens is 266 g/mol. The van der Waals surface area contributed by atoms with E-state index in [2.05, 4.69) is 15.2 Å². The van der Waals surface area contributed by atoms with E-state index in [0.29, 0.717) is 21.5 Å². The van der Waals surface area contributed by atoms with Gasteiger partial charge < -0.3 is 5.11 Å². The summed E-state index contributed by atoms with van der Waals surface area (Å²) in [7, 11) is 0. The van der Waals surface area contributed by atoms with E-state index in [1.165, 1.54) is 11.3 Å². The summed E-state index contributed by atoms with van der Waals surface area (Å²) in [6, 6.07) is 5.17. The molecule has 0 unspecified atom stereocenters. The van der Waals surface area contributed by atoms with E-state index in [1.807, 2.05) is 0 Å². The van der Waals surface area contributed by atoms with E-state index in [9.17, 15) is 9.59 Å². The van der Waals surface area contributed by atoms with Crippen LogP contribution in [0.4, 0.5) is 0 Å². The van der Waals surface area contributed by atoms with E-state index in [1.54, 1.807) is 29.8 Å². The molecule has 2 aromatic heterocycles. The molecular formula is C12H7N3O3S. The van der Waals surface area contributed by atoms with Crippen molar-refractivity contribution in [1.29, 1.82) is 0 Å². The molecule has 0 radical (unpaired) electrons. The van der Waals surface area contributed by atoms with Crippen LogP contribution in [0.1, 0.15) is 10.5 Å². The molecule has 7 heteroatoms. The van der Waals surface area contributed by atoms with Gasteiger partial charge in [-0.3, -0.25) is 9.89 Å². The van der Waals surface area contributed by atoms with Crippen LogP contribution < -0.4 is 5.43 Å². The number of carboxylic acid groups (broad SMARTS) is 1. The average molecular weight is 273 g/mol. The Morgan fingerprint density at radius 3 is 2.89 bits per heavy atom.